The lowest BCUT2D eigenvalue weighted by molar-refractivity contribution is 0.0342. The number of nitrogens with zero attached hydrogens (tertiary/aromatic N) is 3. The van der Waals surface area contributed by atoms with Crippen molar-refractivity contribution in [3.8, 4) is 11.3 Å². The molecule has 0 N–H and O–H groups in total. The summed E-state index contributed by atoms with van der Waals surface area (Å²) in [5, 5.41) is 5.52. The molecule has 0 amide bonds. The fraction of sp³-hybridized carbons (Fsp3) is 0.316. The maximum atomic E-state index is 13.8. The number of halogens is 1. The molecule has 1 aliphatic heterocycles. The number of aryl methyl sites for hydroxylation is 1. The highest BCUT2D eigenvalue weighted by atomic mass is 19.1. The molecule has 0 saturated carbocycles. The number of rotatable bonds is 3. The van der Waals surface area contributed by atoms with Crippen LogP contribution in [0.25, 0.3) is 22.2 Å². The van der Waals surface area contributed by atoms with Gasteiger partial charge in [-0.05, 0) is 23.8 Å². The van der Waals surface area contributed by atoms with Gasteiger partial charge in [-0.25, -0.2) is 4.39 Å². The van der Waals surface area contributed by atoms with Gasteiger partial charge < -0.3 is 4.74 Å². The number of aromatic nitrogens is 2. The first-order chi connectivity index (χ1) is 11.7. The molecule has 0 aliphatic carbocycles. The summed E-state index contributed by atoms with van der Waals surface area (Å²) in [4.78, 5) is 2.38. The summed E-state index contributed by atoms with van der Waals surface area (Å²) in [6.07, 6.45) is 0. The maximum Gasteiger partial charge on any atom is 0.124 e. The number of fused-ring (bicyclic) bond motifs is 1. The lowest BCUT2D eigenvalue weighted by atomic mass is 10.0. The van der Waals surface area contributed by atoms with E-state index in [9.17, 15) is 4.39 Å². The van der Waals surface area contributed by atoms with Gasteiger partial charge in [-0.3, -0.25) is 9.58 Å². The molecule has 124 valence electrons. The van der Waals surface area contributed by atoms with Gasteiger partial charge >= 0.3 is 0 Å². The first-order valence-corrected chi connectivity index (χ1v) is 8.23. The number of ether oxygens (including phenoxy) is 1. The van der Waals surface area contributed by atoms with E-state index in [4.69, 9.17) is 4.74 Å². The van der Waals surface area contributed by atoms with Crippen molar-refractivity contribution < 1.29 is 9.13 Å². The summed E-state index contributed by atoms with van der Waals surface area (Å²) in [6, 6.07) is 13.1. The van der Waals surface area contributed by atoms with E-state index >= 15 is 0 Å². The van der Waals surface area contributed by atoms with Crippen LogP contribution in [-0.4, -0.2) is 41.0 Å². The molecule has 1 aliphatic rings. The summed E-state index contributed by atoms with van der Waals surface area (Å²) >= 11 is 0. The molecule has 3 aromatic rings. The molecule has 0 spiro atoms. The van der Waals surface area contributed by atoms with Crippen molar-refractivity contribution >= 4 is 10.9 Å². The normalized spacial score (nSPS) is 15.9. The molecule has 0 bridgehead atoms. The Balaban J connectivity index is 1.78. The molecule has 0 radical (unpaired) electrons. The second-order valence-corrected chi connectivity index (χ2v) is 6.18. The summed E-state index contributed by atoms with van der Waals surface area (Å²) in [5.41, 5.74) is 4.06. The predicted octanol–water partition coefficient (Wildman–Crippen LogP) is 3.21. The topological polar surface area (TPSA) is 30.3 Å². The van der Waals surface area contributed by atoms with Gasteiger partial charge in [-0.2, -0.15) is 5.10 Å². The average Bonchev–Trinajstić information content (AvgIpc) is 2.92. The van der Waals surface area contributed by atoms with Crippen LogP contribution in [0.1, 0.15) is 5.56 Å². The molecular weight excluding hydrogens is 305 g/mol. The van der Waals surface area contributed by atoms with Gasteiger partial charge in [0.05, 0.1) is 18.7 Å². The number of hydrogen-bond acceptors (Lipinski definition) is 3. The summed E-state index contributed by atoms with van der Waals surface area (Å²) in [5.74, 6) is -0.234. The fourth-order valence-corrected chi connectivity index (χ4v) is 3.33. The standard InChI is InChI=1S/C19H20FN3O/c1-22-18-7-6-15(20)12-17(18)19(21-22)16-5-3-2-4-14(16)13-23-8-10-24-11-9-23/h2-7,12H,8-11,13H2,1H3. The van der Waals surface area contributed by atoms with Crippen LogP contribution in [-0.2, 0) is 18.3 Å². The van der Waals surface area contributed by atoms with Crippen molar-refractivity contribution in [2.45, 2.75) is 6.54 Å². The van der Waals surface area contributed by atoms with E-state index in [1.165, 1.54) is 11.6 Å². The molecule has 2 aromatic carbocycles. The van der Waals surface area contributed by atoms with Gasteiger partial charge in [0.2, 0.25) is 0 Å². The quantitative estimate of drug-likeness (QED) is 0.741. The van der Waals surface area contributed by atoms with Crippen molar-refractivity contribution in [2.75, 3.05) is 26.3 Å². The molecule has 24 heavy (non-hydrogen) atoms. The Morgan fingerprint density at radius 2 is 1.92 bits per heavy atom. The number of morpholine rings is 1. The highest BCUT2D eigenvalue weighted by Crippen LogP contribution is 2.31. The summed E-state index contributed by atoms with van der Waals surface area (Å²) < 4.78 is 21.0. The molecule has 0 unspecified atom stereocenters. The third kappa shape index (κ3) is 2.81. The lowest BCUT2D eigenvalue weighted by Gasteiger charge is -2.27. The summed E-state index contributed by atoms with van der Waals surface area (Å²) in [6.45, 7) is 4.28. The van der Waals surface area contributed by atoms with Crippen LogP contribution < -0.4 is 0 Å². The van der Waals surface area contributed by atoms with Gasteiger partial charge in [-0.1, -0.05) is 24.3 Å². The van der Waals surface area contributed by atoms with E-state index in [2.05, 4.69) is 22.1 Å². The van der Waals surface area contributed by atoms with Gasteiger partial charge in [0.25, 0.3) is 0 Å². The minimum absolute atomic E-state index is 0.234. The first kappa shape index (κ1) is 15.3. The van der Waals surface area contributed by atoms with Gasteiger partial charge in [0.15, 0.2) is 0 Å². The monoisotopic (exact) mass is 325 g/mol. The molecule has 0 atom stereocenters. The average molecular weight is 325 g/mol. The Morgan fingerprint density at radius 1 is 1.12 bits per heavy atom. The highest BCUT2D eigenvalue weighted by molar-refractivity contribution is 5.94. The highest BCUT2D eigenvalue weighted by Gasteiger charge is 2.17. The number of hydrogen-bond donors (Lipinski definition) is 0. The second kappa shape index (κ2) is 6.34. The van der Waals surface area contributed by atoms with E-state index in [1.54, 1.807) is 12.1 Å². The van der Waals surface area contributed by atoms with Crippen molar-refractivity contribution in [3.05, 3.63) is 53.8 Å². The van der Waals surface area contributed by atoms with Crippen molar-refractivity contribution in [2.24, 2.45) is 7.05 Å². The van der Waals surface area contributed by atoms with Crippen LogP contribution >= 0.6 is 0 Å². The zero-order chi connectivity index (χ0) is 16.5. The van der Waals surface area contributed by atoms with Crippen LogP contribution in [0.4, 0.5) is 4.39 Å². The molecular formula is C19H20FN3O. The Hall–Kier alpha value is -2.24. The summed E-state index contributed by atoms with van der Waals surface area (Å²) in [7, 11) is 1.90. The van der Waals surface area contributed by atoms with Gasteiger partial charge in [-0.15, -0.1) is 0 Å². The Kier molecular flexibility index (Phi) is 4.04. The fourth-order valence-electron chi connectivity index (χ4n) is 3.33. The molecule has 1 fully saturated rings. The van der Waals surface area contributed by atoms with E-state index in [-0.39, 0.29) is 5.82 Å². The zero-order valence-corrected chi connectivity index (χ0v) is 13.7. The molecule has 4 nitrogen and oxygen atoms in total. The molecule has 4 rings (SSSR count). The first-order valence-electron chi connectivity index (χ1n) is 8.23. The van der Waals surface area contributed by atoms with E-state index in [1.807, 2.05) is 23.9 Å². The van der Waals surface area contributed by atoms with E-state index in [0.29, 0.717) is 0 Å². The van der Waals surface area contributed by atoms with Crippen molar-refractivity contribution in [3.63, 3.8) is 0 Å². The van der Waals surface area contributed by atoms with Crippen LogP contribution in [0.2, 0.25) is 0 Å². The molecule has 5 heteroatoms. The van der Waals surface area contributed by atoms with Crippen LogP contribution in [0.3, 0.4) is 0 Å². The van der Waals surface area contributed by atoms with Gasteiger partial charge in [0, 0.05) is 37.6 Å². The van der Waals surface area contributed by atoms with Crippen molar-refractivity contribution in [1.29, 1.82) is 0 Å². The number of benzene rings is 2. The molecule has 1 saturated heterocycles. The van der Waals surface area contributed by atoms with Crippen LogP contribution in [0.5, 0.6) is 0 Å². The van der Waals surface area contributed by atoms with Crippen LogP contribution in [0.15, 0.2) is 42.5 Å². The zero-order valence-electron chi connectivity index (χ0n) is 13.7. The molecule has 2 heterocycles. The van der Waals surface area contributed by atoms with E-state index < -0.39 is 0 Å². The third-order valence-corrected chi connectivity index (χ3v) is 4.58. The Bertz CT molecular complexity index is 868. The lowest BCUT2D eigenvalue weighted by Crippen LogP contribution is -2.35. The smallest absolute Gasteiger partial charge is 0.124 e. The van der Waals surface area contributed by atoms with E-state index in [0.717, 1.165) is 55.0 Å². The second-order valence-electron chi connectivity index (χ2n) is 6.18. The minimum Gasteiger partial charge on any atom is -0.379 e. The minimum atomic E-state index is -0.234. The van der Waals surface area contributed by atoms with Crippen molar-refractivity contribution in [1.82, 2.24) is 14.7 Å². The Morgan fingerprint density at radius 3 is 2.75 bits per heavy atom. The Labute approximate surface area is 140 Å². The van der Waals surface area contributed by atoms with Gasteiger partial charge in [0.1, 0.15) is 11.5 Å². The maximum absolute atomic E-state index is 13.8. The SMILES string of the molecule is Cn1nc(-c2ccccc2CN2CCOCC2)c2cc(F)ccc21. The third-order valence-electron chi connectivity index (χ3n) is 4.58. The molecule has 1 aromatic heterocycles. The predicted molar refractivity (Wildman–Crippen MR) is 92.2 cm³/mol. The van der Waals surface area contributed by atoms with Crippen LogP contribution in [0, 0.1) is 5.82 Å². The largest absolute Gasteiger partial charge is 0.379 e.